The Bertz CT molecular complexity index is 664. The van der Waals surface area contributed by atoms with Gasteiger partial charge in [-0.15, -0.1) is 0 Å². The molecule has 0 saturated carbocycles. The minimum Gasteiger partial charge on any atom is -0.508 e. The Labute approximate surface area is 137 Å². The number of aryl methyl sites for hydroxylation is 1. The lowest BCUT2D eigenvalue weighted by molar-refractivity contribution is 0.251. The second-order valence-electron chi connectivity index (χ2n) is 6.19. The highest BCUT2D eigenvalue weighted by Gasteiger charge is 2.10. The maximum Gasteiger partial charge on any atom is 0.319 e. The number of urea groups is 1. The quantitative estimate of drug-likeness (QED) is 0.774. The highest BCUT2D eigenvalue weighted by Crippen LogP contribution is 2.24. The van der Waals surface area contributed by atoms with E-state index < -0.39 is 0 Å². The minimum atomic E-state index is -0.257. The topological polar surface area (TPSA) is 61.4 Å². The summed E-state index contributed by atoms with van der Waals surface area (Å²) in [5.74, 6) is 0.723. The first-order chi connectivity index (χ1) is 11.0. The fraction of sp³-hybridized carbons (Fsp3) is 0.316. The molecule has 2 rings (SSSR count). The van der Waals surface area contributed by atoms with Crippen molar-refractivity contribution in [1.29, 1.82) is 0 Å². The van der Waals surface area contributed by atoms with Gasteiger partial charge in [0.1, 0.15) is 5.75 Å². The van der Waals surface area contributed by atoms with Crippen molar-refractivity contribution in [3.63, 3.8) is 0 Å². The molecule has 0 aliphatic rings. The van der Waals surface area contributed by atoms with E-state index >= 15 is 0 Å². The molecule has 0 radical (unpaired) electrons. The summed E-state index contributed by atoms with van der Waals surface area (Å²) in [5, 5.41) is 15.7. The Morgan fingerprint density at radius 3 is 2.48 bits per heavy atom. The third-order valence-electron chi connectivity index (χ3n) is 3.61. The average Bonchev–Trinajstić information content (AvgIpc) is 2.50. The number of nitrogens with one attached hydrogen (secondary N) is 2. The molecule has 0 bridgehead atoms. The van der Waals surface area contributed by atoms with Gasteiger partial charge < -0.3 is 15.7 Å². The first kappa shape index (κ1) is 16.9. The van der Waals surface area contributed by atoms with Crippen LogP contribution >= 0.6 is 0 Å². The fourth-order valence-corrected chi connectivity index (χ4v) is 2.42. The number of phenolic OH excluding ortho intramolecular Hbond substituents is 1. The van der Waals surface area contributed by atoms with E-state index in [0.29, 0.717) is 12.5 Å². The summed E-state index contributed by atoms with van der Waals surface area (Å²) in [6, 6.07) is 12.8. The molecule has 23 heavy (non-hydrogen) atoms. The van der Waals surface area contributed by atoms with Crippen LogP contribution in [-0.2, 0) is 13.0 Å². The minimum absolute atomic E-state index is 0.257. The van der Waals surface area contributed by atoms with Gasteiger partial charge in [-0.3, -0.25) is 0 Å². The van der Waals surface area contributed by atoms with Gasteiger partial charge in [-0.2, -0.15) is 0 Å². The zero-order valence-corrected chi connectivity index (χ0v) is 13.9. The number of benzene rings is 2. The van der Waals surface area contributed by atoms with Crippen molar-refractivity contribution >= 4 is 11.7 Å². The van der Waals surface area contributed by atoms with Gasteiger partial charge in [0.25, 0.3) is 0 Å². The van der Waals surface area contributed by atoms with E-state index in [1.807, 2.05) is 37.3 Å². The van der Waals surface area contributed by atoms with E-state index in [0.717, 1.165) is 28.8 Å². The smallest absolute Gasteiger partial charge is 0.319 e. The summed E-state index contributed by atoms with van der Waals surface area (Å²) in [7, 11) is 0. The van der Waals surface area contributed by atoms with Crippen LogP contribution in [0.1, 0.15) is 30.5 Å². The number of phenols is 1. The first-order valence-electron chi connectivity index (χ1n) is 7.87. The summed E-state index contributed by atoms with van der Waals surface area (Å²) < 4.78 is 0. The van der Waals surface area contributed by atoms with E-state index in [4.69, 9.17) is 0 Å². The van der Waals surface area contributed by atoms with Crippen LogP contribution in [0.4, 0.5) is 10.5 Å². The molecular weight excluding hydrogens is 288 g/mol. The number of aromatic hydroxyl groups is 1. The van der Waals surface area contributed by atoms with Gasteiger partial charge in [0, 0.05) is 12.2 Å². The van der Waals surface area contributed by atoms with Crippen molar-refractivity contribution in [3.8, 4) is 5.75 Å². The van der Waals surface area contributed by atoms with Crippen molar-refractivity contribution in [1.82, 2.24) is 5.32 Å². The molecule has 0 aliphatic heterocycles. The van der Waals surface area contributed by atoms with E-state index in [2.05, 4.69) is 24.5 Å². The highest BCUT2D eigenvalue weighted by atomic mass is 16.3. The summed E-state index contributed by atoms with van der Waals surface area (Å²) in [6.07, 6.45) is 0.781. The first-order valence-corrected chi connectivity index (χ1v) is 7.87. The van der Waals surface area contributed by atoms with Crippen molar-refractivity contribution in [2.45, 2.75) is 33.7 Å². The van der Waals surface area contributed by atoms with E-state index in [1.165, 1.54) is 0 Å². The second-order valence-corrected chi connectivity index (χ2v) is 6.19. The molecule has 0 atom stereocenters. The molecule has 0 unspecified atom stereocenters. The molecule has 2 amide bonds. The number of amides is 2. The monoisotopic (exact) mass is 312 g/mol. The fourth-order valence-electron chi connectivity index (χ4n) is 2.42. The third kappa shape index (κ3) is 5.02. The van der Waals surface area contributed by atoms with E-state index in [-0.39, 0.29) is 11.8 Å². The number of carbonyl (C=O) groups excluding carboxylic acids is 1. The molecule has 0 fully saturated rings. The van der Waals surface area contributed by atoms with Gasteiger partial charge in [0.05, 0.1) is 0 Å². The average molecular weight is 312 g/mol. The van der Waals surface area contributed by atoms with Crippen molar-refractivity contribution in [2.75, 3.05) is 5.32 Å². The molecule has 2 aromatic carbocycles. The summed E-state index contributed by atoms with van der Waals surface area (Å²) in [5.41, 5.74) is 3.75. The van der Waals surface area contributed by atoms with Crippen LogP contribution in [0, 0.1) is 12.8 Å². The maximum absolute atomic E-state index is 12.0. The SMILES string of the molecule is Cc1ccc(NC(=O)NCc2cccc(O)c2CC(C)C)cc1. The van der Waals surface area contributed by atoms with Gasteiger partial charge in [-0.05, 0) is 48.6 Å². The number of hydrogen-bond acceptors (Lipinski definition) is 2. The molecule has 0 heterocycles. The lowest BCUT2D eigenvalue weighted by atomic mass is 9.97. The molecule has 0 aromatic heterocycles. The molecular formula is C19H24N2O2. The predicted molar refractivity (Wildman–Crippen MR) is 93.7 cm³/mol. The van der Waals surface area contributed by atoms with Crippen molar-refractivity contribution in [3.05, 3.63) is 59.2 Å². The molecule has 0 saturated heterocycles. The van der Waals surface area contributed by atoms with Crippen LogP contribution in [0.15, 0.2) is 42.5 Å². The largest absolute Gasteiger partial charge is 0.508 e. The van der Waals surface area contributed by atoms with E-state index in [1.54, 1.807) is 12.1 Å². The standard InChI is InChI=1S/C19H24N2O2/c1-13(2)11-17-15(5-4-6-18(17)22)12-20-19(23)21-16-9-7-14(3)8-10-16/h4-10,13,22H,11-12H2,1-3H3,(H2,20,21,23). The van der Waals surface area contributed by atoms with Gasteiger partial charge in [-0.25, -0.2) is 4.79 Å². The Kier molecular flexibility index (Phi) is 5.63. The van der Waals surface area contributed by atoms with Crippen LogP contribution in [0.5, 0.6) is 5.75 Å². The van der Waals surface area contributed by atoms with Gasteiger partial charge in [0.2, 0.25) is 0 Å². The summed E-state index contributed by atoms with van der Waals surface area (Å²) in [6.45, 7) is 6.59. The Morgan fingerprint density at radius 1 is 1.13 bits per heavy atom. The zero-order valence-electron chi connectivity index (χ0n) is 13.9. The number of hydrogen-bond donors (Lipinski definition) is 3. The normalized spacial score (nSPS) is 10.6. The van der Waals surface area contributed by atoms with Crippen LogP contribution in [0.3, 0.4) is 0 Å². The molecule has 3 N–H and O–H groups in total. The highest BCUT2D eigenvalue weighted by molar-refractivity contribution is 5.89. The molecule has 2 aromatic rings. The Balaban J connectivity index is 1.98. The maximum atomic E-state index is 12.0. The Morgan fingerprint density at radius 2 is 1.83 bits per heavy atom. The van der Waals surface area contributed by atoms with Crippen molar-refractivity contribution in [2.24, 2.45) is 5.92 Å². The zero-order chi connectivity index (χ0) is 16.8. The Hall–Kier alpha value is -2.49. The van der Waals surface area contributed by atoms with Crippen LogP contribution in [0.25, 0.3) is 0 Å². The summed E-state index contributed by atoms with van der Waals surface area (Å²) >= 11 is 0. The third-order valence-corrected chi connectivity index (χ3v) is 3.61. The summed E-state index contributed by atoms with van der Waals surface area (Å²) in [4.78, 5) is 12.0. The van der Waals surface area contributed by atoms with Gasteiger partial charge in [0.15, 0.2) is 0 Å². The number of carbonyl (C=O) groups is 1. The second kappa shape index (κ2) is 7.68. The van der Waals surface area contributed by atoms with Gasteiger partial charge in [-0.1, -0.05) is 43.7 Å². The number of anilines is 1. The molecule has 0 spiro atoms. The lowest BCUT2D eigenvalue weighted by Crippen LogP contribution is -2.28. The molecule has 4 nitrogen and oxygen atoms in total. The van der Waals surface area contributed by atoms with Crippen LogP contribution < -0.4 is 10.6 Å². The van der Waals surface area contributed by atoms with Gasteiger partial charge >= 0.3 is 6.03 Å². The molecule has 4 heteroatoms. The van der Waals surface area contributed by atoms with Crippen LogP contribution in [-0.4, -0.2) is 11.1 Å². The number of rotatable bonds is 5. The molecule has 0 aliphatic carbocycles. The van der Waals surface area contributed by atoms with Crippen LogP contribution in [0.2, 0.25) is 0 Å². The lowest BCUT2D eigenvalue weighted by Gasteiger charge is -2.14. The van der Waals surface area contributed by atoms with Crippen molar-refractivity contribution < 1.29 is 9.90 Å². The molecule has 122 valence electrons. The van der Waals surface area contributed by atoms with E-state index in [9.17, 15) is 9.90 Å². The predicted octanol–water partition coefficient (Wildman–Crippen LogP) is 4.22.